The molecule has 0 unspecified atom stereocenters. The molecule has 4 heterocycles. The number of ether oxygens (including phenoxy) is 3. The molecule has 3 aromatic heterocycles. The third kappa shape index (κ3) is 10.4. The average Bonchev–Trinajstić information content (AvgIpc) is 3.40. The van der Waals surface area contributed by atoms with Gasteiger partial charge in [0.25, 0.3) is 0 Å². The summed E-state index contributed by atoms with van der Waals surface area (Å²) in [5.41, 5.74) is 18.6. The summed E-state index contributed by atoms with van der Waals surface area (Å²) < 4.78 is 21.2. The van der Waals surface area contributed by atoms with E-state index in [0.717, 1.165) is 83.8 Å². The minimum Gasteiger partial charge on any atom is -0.315 e. The lowest BCUT2D eigenvalue weighted by Gasteiger charge is -2.38. The minimum atomic E-state index is -0.803. The molecule has 0 aliphatic carbocycles. The summed E-state index contributed by atoms with van der Waals surface area (Å²) in [6, 6.07) is 63.8. The largest absolute Gasteiger partial charge is 0.315 e. The number of aromatic nitrogens is 3. The Hall–Kier alpha value is -7.35. The quantitative estimate of drug-likeness (QED) is 0.144. The van der Waals surface area contributed by atoms with Crippen LogP contribution in [0, 0.1) is 0 Å². The van der Waals surface area contributed by atoms with Crippen molar-refractivity contribution in [3.05, 3.63) is 234 Å². The zero-order chi connectivity index (χ0) is 50.2. The molecule has 9 aromatic rings. The maximum absolute atomic E-state index is 7.08. The molecular weight excluding hydrogens is 883 g/mol. The second-order valence-electron chi connectivity index (χ2n) is 21.9. The van der Waals surface area contributed by atoms with Crippen molar-refractivity contribution >= 4 is 0 Å². The van der Waals surface area contributed by atoms with E-state index in [1.807, 2.05) is 36.8 Å². The molecule has 72 heavy (non-hydrogen) atoms. The highest BCUT2D eigenvalue weighted by molar-refractivity contribution is 5.75. The maximum Gasteiger partial charge on any atom is 0.191 e. The molecule has 0 atom stereocenters. The maximum atomic E-state index is 7.08. The summed E-state index contributed by atoms with van der Waals surface area (Å²) in [7, 11) is 0. The smallest absolute Gasteiger partial charge is 0.191 e. The normalized spacial score (nSPS) is 16.4. The third-order valence-electron chi connectivity index (χ3n) is 13.7. The molecule has 0 saturated carbocycles. The molecular formula is C66H63N3O3. The molecule has 1 aliphatic heterocycles. The monoisotopic (exact) mass is 945 g/mol. The topological polar surface area (TPSA) is 66.4 Å². The van der Waals surface area contributed by atoms with Crippen LogP contribution < -0.4 is 0 Å². The van der Waals surface area contributed by atoms with E-state index < -0.39 is 18.9 Å². The number of benzene rings is 6. The van der Waals surface area contributed by atoms with Gasteiger partial charge in [-0.05, 0) is 103 Å². The van der Waals surface area contributed by atoms with Crippen molar-refractivity contribution in [3.63, 3.8) is 0 Å². The number of pyridine rings is 3. The molecule has 10 rings (SSSR count). The van der Waals surface area contributed by atoms with Crippen LogP contribution in [0.1, 0.15) is 115 Å². The number of hydrogen-bond donors (Lipinski definition) is 0. The van der Waals surface area contributed by atoms with Crippen LogP contribution in [0.4, 0.5) is 0 Å². The number of nitrogens with zero attached hydrogens (tertiary/aromatic N) is 3. The first-order chi connectivity index (χ1) is 34.6. The Balaban J connectivity index is 1.02. The molecule has 0 bridgehead atoms. The molecule has 6 aromatic carbocycles. The SMILES string of the molecule is CC(C)(C)c1ccnc(-c2ccc(-c3ccccc3C3OC(c4ccccc4-c4ccc(-c5cc(C(C)(C)C)ccn5)cc4)OC(c4ccccc4-c4ccc(-c5cc(C(C)(C)C)ccn5)cc4)O3)cc2)c1. The van der Waals surface area contributed by atoms with Gasteiger partial charge in [-0.3, -0.25) is 15.0 Å². The van der Waals surface area contributed by atoms with E-state index in [9.17, 15) is 0 Å². The molecule has 1 aliphatic rings. The summed E-state index contributed by atoms with van der Waals surface area (Å²) >= 11 is 0. The van der Waals surface area contributed by atoms with Gasteiger partial charge < -0.3 is 14.2 Å². The van der Waals surface area contributed by atoms with Gasteiger partial charge in [0.15, 0.2) is 18.9 Å². The van der Waals surface area contributed by atoms with E-state index in [4.69, 9.17) is 29.2 Å². The van der Waals surface area contributed by atoms with Crippen LogP contribution in [0.5, 0.6) is 0 Å². The Morgan fingerprint density at radius 3 is 0.778 bits per heavy atom. The molecule has 360 valence electrons. The van der Waals surface area contributed by atoms with Crippen LogP contribution in [-0.2, 0) is 30.5 Å². The molecule has 1 fully saturated rings. The van der Waals surface area contributed by atoms with E-state index in [-0.39, 0.29) is 16.2 Å². The fraction of sp³-hybridized carbons (Fsp3) is 0.227. The highest BCUT2D eigenvalue weighted by Crippen LogP contribution is 2.48. The standard InChI is InChI=1S/C66H63N3O3/c1-64(2,3)49-34-37-67-58(40-49)46-28-22-43(23-29-46)52-16-10-13-19-55(52)61-70-62(56-20-14-11-17-53(56)44-24-30-47(31-25-44)59-41-50(35-38-68-59)65(4,5)6)72-63(71-61)57-21-15-12-18-54(57)45-26-32-48(33-27-45)60-42-51(36-39-69-60)66(7,8)9/h10-42,61-63H,1-9H3. The lowest BCUT2D eigenvalue weighted by Crippen LogP contribution is -2.28. The molecule has 6 heteroatoms. The van der Waals surface area contributed by atoms with Crippen molar-refractivity contribution in [2.45, 2.75) is 97.4 Å². The highest BCUT2D eigenvalue weighted by atomic mass is 16.9. The van der Waals surface area contributed by atoms with E-state index in [2.05, 4.69) is 226 Å². The molecule has 0 spiro atoms. The van der Waals surface area contributed by atoms with Gasteiger partial charge in [-0.1, -0.05) is 208 Å². The summed E-state index contributed by atoms with van der Waals surface area (Å²) in [6.45, 7) is 20.0. The minimum absolute atomic E-state index is 0.0138. The summed E-state index contributed by atoms with van der Waals surface area (Å²) in [6.07, 6.45) is 3.30. The second kappa shape index (κ2) is 19.7. The predicted octanol–water partition coefficient (Wildman–Crippen LogP) is 17.2. The highest BCUT2D eigenvalue weighted by Gasteiger charge is 2.37. The fourth-order valence-corrected chi connectivity index (χ4v) is 9.40. The van der Waals surface area contributed by atoms with Crippen molar-refractivity contribution in [2.24, 2.45) is 0 Å². The van der Waals surface area contributed by atoms with Crippen LogP contribution in [0.15, 0.2) is 201 Å². The van der Waals surface area contributed by atoms with Gasteiger partial charge in [-0.2, -0.15) is 0 Å². The zero-order valence-corrected chi connectivity index (χ0v) is 42.9. The summed E-state index contributed by atoms with van der Waals surface area (Å²) in [5, 5.41) is 0. The van der Waals surface area contributed by atoms with Crippen LogP contribution in [0.2, 0.25) is 0 Å². The fourth-order valence-electron chi connectivity index (χ4n) is 9.40. The van der Waals surface area contributed by atoms with Crippen molar-refractivity contribution < 1.29 is 14.2 Å². The Bertz CT molecular complexity index is 2980. The third-order valence-corrected chi connectivity index (χ3v) is 13.7. The number of hydrogen-bond acceptors (Lipinski definition) is 6. The lowest BCUT2D eigenvalue weighted by atomic mass is 9.87. The lowest BCUT2D eigenvalue weighted by molar-refractivity contribution is -0.396. The average molecular weight is 946 g/mol. The Labute approximate surface area is 425 Å². The molecule has 1 saturated heterocycles. The Kier molecular flexibility index (Phi) is 13.2. The first-order valence-electron chi connectivity index (χ1n) is 25.0. The van der Waals surface area contributed by atoms with Crippen LogP contribution in [-0.4, -0.2) is 15.0 Å². The summed E-state index contributed by atoms with van der Waals surface area (Å²) in [4.78, 5) is 14.2. The number of rotatable bonds is 9. The van der Waals surface area contributed by atoms with Gasteiger partial charge >= 0.3 is 0 Å². The molecule has 0 N–H and O–H groups in total. The summed E-state index contributed by atoms with van der Waals surface area (Å²) in [5.74, 6) is 0. The van der Waals surface area contributed by atoms with E-state index in [1.54, 1.807) is 0 Å². The Morgan fingerprint density at radius 2 is 0.528 bits per heavy atom. The van der Waals surface area contributed by atoms with Crippen molar-refractivity contribution in [2.75, 3.05) is 0 Å². The van der Waals surface area contributed by atoms with Gasteiger partial charge in [-0.25, -0.2) is 0 Å². The van der Waals surface area contributed by atoms with E-state index in [0.29, 0.717) is 0 Å². The predicted molar refractivity (Wildman–Crippen MR) is 293 cm³/mol. The van der Waals surface area contributed by atoms with Gasteiger partial charge in [0, 0.05) is 52.0 Å². The van der Waals surface area contributed by atoms with Crippen molar-refractivity contribution in [1.82, 2.24) is 15.0 Å². The van der Waals surface area contributed by atoms with Crippen LogP contribution >= 0.6 is 0 Å². The van der Waals surface area contributed by atoms with E-state index in [1.165, 1.54) is 16.7 Å². The molecule has 0 amide bonds. The Morgan fingerprint density at radius 1 is 0.292 bits per heavy atom. The van der Waals surface area contributed by atoms with E-state index >= 15 is 0 Å². The first kappa shape index (κ1) is 48.3. The first-order valence-corrected chi connectivity index (χ1v) is 25.0. The second-order valence-corrected chi connectivity index (χ2v) is 21.9. The molecule has 0 radical (unpaired) electrons. The van der Waals surface area contributed by atoms with Crippen molar-refractivity contribution in [1.29, 1.82) is 0 Å². The van der Waals surface area contributed by atoms with Crippen molar-refractivity contribution in [3.8, 4) is 67.2 Å². The van der Waals surface area contributed by atoms with Gasteiger partial charge in [0.05, 0.1) is 17.1 Å². The molecule has 6 nitrogen and oxygen atoms in total. The van der Waals surface area contributed by atoms with Gasteiger partial charge in [0.2, 0.25) is 0 Å². The zero-order valence-electron chi connectivity index (χ0n) is 42.9. The van der Waals surface area contributed by atoms with Crippen LogP contribution in [0.3, 0.4) is 0 Å². The van der Waals surface area contributed by atoms with Gasteiger partial charge in [0.1, 0.15) is 0 Å². The van der Waals surface area contributed by atoms with Crippen LogP contribution in [0.25, 0.3) is 67.2 Å². The van der Waals surface area contributed by atoms with Gasteiger partial charge in [-0.15, -0.1) is 0 Å².